The molecule has 0 aliphatic carbocycles. The van der Waals surface area contributed by atoms with Gasteiger partial charge in [-0.2, -0.15) is 0 Å². The van der Waals surface area contributed by atoms with Crippen LogP contribution in [0, 0.1) is 6.07 Å². The second kappa shape index (κ2) is 13.0. The van der Waals surface area contributed by atoms with Crippen LogP contribution < -0.4 is 0 Å². The zero-order chi connectivity index (χ0) is 34.7. The molecule has 0 saturated heterocycles. The first-order chi connectivity index (χ1) is 23.2. The number of fused-ring (bicyclic) bond motifs is 3. The molecule has 4 aromatic carbocycles. The maximum Gasteiger partial charge on any atom is 0.139 e. The summed E-state index contributed by atoms with van der Waals surface area (Å²) in [6, 6.07) is 41.5. The number of aromatic hydroxyl groups is 1. The van der Waals surface area contributed by atoms with E-state index in [2.05, 4.69) is 133 Å². The van der Waals surface area contributed by atoms with Crippen LogP contribution in [0.4, 0.5) is 0 Å². The molecule has 5 heteroatoms. The van der Waals surface area contributed by atoms with Crippen LogP contribution in [0.3, 0.4) is 0 Å². The van der Waals surface area contributed by atoms with E-state index in [1.807, 2.05) is 42.6 Å². The van der Waals surface area contributed by atoms with E-state index >= 15 is 0 Å². The van der Waals surface area contributed by atoms with Gasteiger partial charge in [-0.3, -0.25) is 14.5 Å². The molecule has 7 aromatic rings. The van der Waals surface area contributed by atoms with Crippen LogP contribution in [0.1, 0.15) is 77.8 Å². The van der Waals surface area contributed by atoms with Crippen LogP contribution in [0.5, 0.6) is 5.75 Å². The third kappa shape index (κ3) is 6.31. The number of para-hydroxylation sites is 2. The van der Waals surface area contributed by atoms with E-state index < -0.39 is 5.41 Å². The molecule has 1 N–H and O–H groups in total. The molecule has 7 rings (SSSR count). The third-order valence-corrected chi connectivity index (χ3v) is 9.75. The van der Waals surface area contributed by atoms with Crippen molar-refractivity contribution >= 4 is 21.9 Å². The van der Waals surface area contributed by atoms with Gasteiger partial charge in [0.15, 0.2) is 0 Å². The minimum absolute atomic E-state index is 0. The number of phenolic OH excluding ortho intramolecular Hbond substituents is 1. The molecular weight excluding hydrogens is 794 g/mol. The van der Waals surface area contributed by atoms with E-state index in [-0.39, 0.29) is 37.6 Å². The molecule has 256 valence electrons. The fraction of sp³-hybridized carbons (Fsp3) is 0.244. The van der Waals surface area contributed by atoms with E-state index in [1.54, 1.807) is 6.07 Å². The van der Waals surface area contributed by atoms with Crippen molar-refractivity contribution in [1.82, 2.24) is 14.5 Å². The minimum atomic E-state index is -0.416. The number of hydrogen-bond donors (Lipinski definition) is 1. The van der Waals surface area contributed by atoms with Gasteiger partial charge in [0, 0.05) is 49.1 Å². The molecule has 0 fully saturated rings. The van der Waals surface area contributed by atoms with Crippen molar-refractivity contribution in [2.75, 3.05) is 0 Å². The first-order valence-electron chi connectivity index (χ1n) is 17.1. The Morgan fingerprint density at radius 2 is 1.36 bits per heavy atom. The van der Waals surface area contributed by atoms with Crippen LogP contribution in [0.15, 0.2) is 115 Å². The number of benzene rings is 4. The summed E-state index contributed by atoms with van der Waals surface area (Å²) in [7, 11) is 0. The first kappa shape index (κ1) is 35.3. The van der Waals surface area contributed by atoms with Crippen molar-refractivity contribution in [1.29, 1.82) is 0 Å². The molecule has 0 aliphatic heterocycles. The van der Waals surface area contributed by atoms with Gasteiger partial charge < -0.3 is 5.11 Å². The molecular formula is C45H44N3OPt-. The first-order valence-corrected chi connectivity index (χ1v) is 17.1. The van der Waals surface area contributed by atoms with Crippen LogP contribution >= 0.6 is 0 Å². The number of hydrogen-bond acceptors (Lipinski definition) is 3. The summed E-state index contributed by atoms with van der Waals surface area (Å²) in [5.74, 6) is 0.210. The van der Waals surface area contributed by atoms with Gasteiger partial charge in [-0.05, 0) is 64.0 Å². The summed E-state index contributed by atoms with van der Waals surface area (Å²) in [5.41, 5.74) is 10.3. The molecule has 0 unspecified atom stereocenters. The van der Waals surface area contributed by atoms with Crippen LogP contribution in [-0.2, 0) is 37.3 Å². The summed E-state index contributed by atoms with van der Waals surface area (Å²) in [4.78, 5) is 10.4. The van der Waals surface area contributed by atoms with Crippen molar-refractivity contribution in [3.8, 4) is 33.8 Å². The SMILES string of the molecule is CC(C)(C)c1ccc2c(c1)c1cc(C(C)(C)C)c(-c3[c-]c(C(C)(C)c4ccccn4)cc(-c4ccccc4)c3)nc1n2-c1ccccc1O.[Pt]. The quantitative estimate of drug-likeness (QED) is 0.176. The van der Waals surface area contributed by atoms with Crippen molar-refractivity contribution in [2.24, 2.45) is 0 Å². The monoisotopic (exact) mass is 837 g/mol. The minimum Gasteiger partial charge on any atom is -0.506 e. The molecule has 0 amide bonds. The molecule has 3 heterocycles. The van der Waals surface area contributed by atoms with Gasteiger partial charge in [0.2, 0.25) is 0 Å². The van der Waals surface area contributed by atoms with E-state index in [0.717, 1.165) is 61.1 Å². The molecule has 0 radical (unpaired) electrons. The molecule has 0 spiro atoms. The maximum absolute atomic E-state index is 11.2. The van der Waals surface area contributed by atoms with Crippen molar-refractivity contribution in [3.05, 3.63) is 144 Å². The summed E-state index contributed by atoms with van der Waals surface area (Å²) < 4.78 is 2.11. The van der Waals surface area contributed by atoms with E-state index in [1.165, 1.54) is 5.56 Å². The summed E-state index contributed by atoms with van der Waals surface area (Å²) in [6.07, 6.45) is 1.86. The number of pyridine rings is 2. The second-order valence-corrected chi connectivity index (χ2v) is 15.7. The smallest absolute Gasteiger partial charge is 0.139 e. The Balaban J connectivity index is 0.00000432. The normalized spacial score (nSPS) is 12.3. The fourth-order valence-corrected chi connectivity index (χ4v) is 6.78. The second-order valence-electron chi connectivity index (χ2n) is 15.7. The van der Waals surface area contributed by atoms with Gasteiger partial charge in [-0.1, -0.05) is 122 Å². The van der Waals surface area contributed by atoms with E-state index in [4.69, 9.17) is 9.97 Å². The Labute approximate surface area is 310 Å². The standard InChI is InChI=1S/C45H44N3O.Pt/c1-43(2,3)32-21-22-37-34(27-32)35-28-36(44(4,5)6)41(47-42(35)48(37)38-18-12-13-19-39(38)49)31-24-30(29-16-10-9-11-17-29)25-33(26-31)45(7,8)40-20-14-15-23-46-40;/h9-25,27-28,49H,1-8H3;/q-1;. The van der Waals surface area contributed by atoms with E-state index in [9.17, 15) is 5.11 Å². The van der Waals surface area contributed by atoms with Gasteiger partial charge in [0.25, 0.3) is 0 Å². The summed E-state index contributed by atoms with van der Waals surface area (Å²) in [5, 5.41) is 13.4. The summed E-state index contributed by atoms with van der Waals surface area (Å²) in [6.45, 7) is 17.9. The van der Waals surface area contributed by atoms with Gasteiger partial charge >= 0.3 is 0 Å². The average molecular weight is 838 g/mol. The van der Waals surface area contributed by atoms with Crippen LogP contribution in [-0.4, -0.2) is 19.6 Å². The summed E-state index contributed by atoms with van der Waals surface area (Å²) >= 11 is 0. The third-order valence-electron chi connectivity index (χ3n) is 9.75. The van der Waals surface area contributed by atoms with Crippen LogP contribution in [0.25, 0.3) is 50.0 Å². The number of phenols is 1. The predicted molar refractivity (Wildman–Crippen MR) is 204 cm³/mol. The number of nitrogens with zero attached hydrogens (tertiary/aromatic N) is 3. The van der Waals surface area contributed by atoms with Gasteiger partial charge in [-0.15, -0.1) is 34.9 Å². The molecule has 0 bridgehead atoms. The van der Waals surface area contributed by atoms with Gasteiger partial charge in [0.05, 0.1) is 11.2 Å². The molecule has 0 atom stereocenters. The largest absolute Gasteiger partial charge is 0.506 e. The molecule has 0 aliphatic rings. The Bertz CT molecular complexity index is 2330. The number of aromatic nitrogens is 3. The van der Waals surface area contributed by atoms with E-state index in [0.29, 0.717) is 5.69 Å². The number of rotatable bonds is 5. The Kier molecular flexibility index (Phi) is 9.16. The topological polar surface area (TPSA) is 50.9 Å². The van der Waals surface area contributed by atoms with Gasteiger partial charge in [0.1, 0.15) is 11.4 Å². The Morgan fingerprint density at radius 1 is 0.660 bits per heavy atom. The Morgan fingerprint density at radius 3 is 2.02 bits per heavy atom. The molecule has 0 saturated carbocycles. The van der Waals surface area contributed by atoms with Crippen molar-refractivity contribution < 1.29 is 26.2 Å². The maximum atomic E-state index is 11.2. The van der Waals surface area contributed by atoms with Crippen LogP contribution in [0.2, 0.25) is 0 Å². The zero-order valence-corrected chi connectivity index (χ0v) is 32.3. The molecule has 50 heavy (non-hydrogen) atoms. The van der Waals surface area contributed by atoms with Gasteiger partial charge in [-0.25, -0.2) is 0 Å². The zero-order valence-electron chi connectivity index (χ0n) is 30.1. The van der Waals surface area contributed by atoms with Crippen molar-refractivity contribution in [3.63, 3.8) is 0 Å². The van der Waals surface area contributed by atoms with Crippen molar-refractivity contribution in [2.45, 2.75) is 71.6 Å². The average Bonchev–Trinajstić information content (AvgIpc) is 3.40. The Hall–Kier alpha value is -4.53. The fourth-order valence-electron chi connectivity index (χ4n) is 6.78. The molecule has 4 nitrogen and oxygen atoms in total. The predicted octanol–water partition coefficient (Wildman–Crippen LogP) is 11.3. The molecule has 3 aromatic heterocycles.